The third-order valence-corrected chi connectivity index (χ3v) is 13.0. The molecule has 296 valence electrons. The van der Waals surface area contributed by atoms with Gasteiger partial charge in [0.15, 0.2) is 0 Å². The first-order valence-electron chi connectivity index (χ1n) is 21.4. The topological polar surface area (TPSA) is 6.48 Å². The van der Waals surface area contributed by atoms with E-state index in [-0.39, 0.29) is 33.8 Å². The maximum atomic E-state index is 2.58. The lowest BCUT2D eigenvalue weighted by atomic mass is 9.33. The van der Waals surface area contributed by atoms with Crippen molar-refractivity contribution in [2.75, 3.05) is 9.80 Å². The van der Waals surface area contributed by atoms with Gasteiger partial charge < -0.3 is 9.80 Å². The van der Waals surface area contributed by atoms with Gasteiger partial charge in [0.05, 0.1) is 0 Å². The molecule has 3 heteroatoms. The fourth-order valence-electron chi connectivity index (χ4n) is 9.10. The Morgan fingerprint density at radius 1 is 0.328 bits per heavy atom. The number of rotatable bonds is 4. The van der Waals surface area contributed by atoms with Crippen LogP contribution in [0.5, 0.6) is 0 Å². The van der Waals surface area contributed by atoms with Crippen molar-refractivity contribution in [3.8, 4) is 0 Å². The summed E-state index contributed by atoms with van der Waals surface area (Å²) in [6.45, 7) is 32.7. The van der Waals surface area contributed by atoms with E-state index in [1.807, 2.05) is 0 Å². The largest absolute Gasteiger partial charge is 0.311 e. The standard InChI is InChI=1S/C55H63BN2/c1-51(2,3)36-20-26-42(27-21-36)57-46-30-24-39(53(7,8)9)32-44(46)56-45-33-40(54(10,11)12)25-31-47(45)58(43-28-22-37(23-29-43)52(4,5)6)49-35-41(34-48(57)50(49)56)55(13,14)38-18-16-15-17-19-38/h15-35H,1-14H3. The zero-order valence-electron chi connectivity index (χ0n) is 37.6. The molecule has 0 amide bonds. The monoisotopic (exact) mass is 763 g/mol. The van der Waals surface area contributed by atoms with Crippen LogP contribution < -0.4 is 26.2 Å². The summed E-state index contributed by atoms with van der Waals surface area (Å²) < 4.78 is 0. The SMILES string of the molecule is CC(C)(C)c1ccc(N2c3ccc(C(C)(C)C)cc3B3c4cc(C(C)(C)C)ccc4N(c4ccc(C(C)(C)C)cc4)c4cc(C(C)(C)c5ccccc5)cc2c43)cc1. The Kier molecular flexibility index (Phi) is 9.27. The number of benzene rings is 6. The minimum atomic E-state index is -0.265. The van der Waals surface area contributed by atoms with Gasteiger partial charge in [0.25, 0.3) is 6.71 Å². The summed E-state index contributed by atoms with van der Waals surface area (Å²) in [5.41, 5.74) is 19.3. The van der Waals surface area contributed by atoms with E-state index >= 15 is 0 Å². The average Bonchev–Trinajstić information content (AvgIpc) is 3.16. The highest BCUT2D eigenvalue weighted by molar-refractivity contribution is 7.00. The maximum absolute atomic E-state index is 2.58. The molecular formula is C55H63BN2. The third-order valence-electron chi connectivity index (χ3n) is 13.0. The Balaban J connectivity index is 1.51. The molecule has 2 nitrogen and oxygen atoms in total. The Bertz CT molecular complexity index is 2350. The summed E-state index contributed by atoms with van der Waals surface area (Å²) in [6, 6.07) is 49.5. The van der Waals surface area contributed by atoms with Crippen LogP contribution in [0.4, 0.5) is 34.1 Å². The second kappa shape index (κ2) is 13.5. The normalized spacial score (nSPS) is 14.3. The molecule has 8 rings (SSSR count). The van der Waals surface area contributed by atoms with Gasteiger partial charge >= 0.3 is 0 Å². The first-order valence-corrected chi connectivity index (χ1v) is 21.4. The molecular weight excluding hydrogens is 699 g/mol. The lowest BCUT2D eigenvalue weighted by Gasteiger charge is -2.46. The first kappa shape index (κ1) is 39.8. The summed E-state index contributed by atoms with van der Waals surface area (Å²) in [4.78, 5) is 5.15. The minimum absolute atomic E-state index is 0.00746. The van der Waals surface area contributed by atoms with E-state index in [1.165, 1.54) is 83.9 Å². The van der Waals surface area contributed by atoms with Crippen LogP contribution in [-0.4, -0.2) is 6.71 Å². The van der Waals surface area contributed by atoms with E-state index < -0.39 is 0 Å². The Morgan fingerprint density at radius 2 is 0.690 bits per heavy atom. The molecule has 0 aromatic heterocycles. The number of hydrogen-bond acceptors (Lipinski definition) is 2. The quantitative estimate of drug-likeness (QED) is 0.165. The van der Waals surface area contributed by atoms with Gasteiger partial charge in [0.2, 0.25) is 0 Å². The van der Waals surface area contributed by atoms with Gasteiger partial charge in [-0.2, -0.15) is 0 Å². The van der Waals surface area contributed by atoms with Gasteiger partial charge in [0, 0.05) is 39.5 Å². The van der Waals surface area contributed by atoms with Gasteiger partial charge in [-0.15, -0.1) is 0 Å². The molecule has 0 saturated carbocycles. The van der Waals surface area contributed by atoms with Crippen molar-refractivity contribution in [2.45, 2.75) is 124 Å². The molecule has 0 aliphatic carbocycles. The van der Waals surface area contributed by atoms with Crippen LogP contribution in [0.15, 0.2) is 127 Å². The molecule has 0 bridgehead atoms. The summed E-state index contributed by atoms with van der Waals surface area (Å²) in [5, 5.41) is 0. The summed E-state index contributed by atoms with van der Waals surface area (Å²) in [6.07, 6.45) is 0. The fourth-order valence-corrected chi connectivity index (χ4v) is 9.10. The van der Waals surface area contributed by atoms with Crippen LogP contribution >= 0.6 is 0 Å². The Morgan fingerprint density at radius 3 is 1.05 bits per heavy atom. The van der Waals surface area contributed by atoms with Crippen molar-refractivity contribution >= 4 is 57.2 Å². The lowest BCUT2D eigenvalue weighted by Crippen LogP contribution is -2.61. The van der Waals surface area contributed by atoms with E-state index in [0.29, 0.717) is 0 Å². The van der Waals surface area contributed by atoms with Crippen molar-refractivity contribution < 1.29 is 0 Å². The molecule has 2 aliphatic rings. The first-order chi connectivity index (χ1) is 27.0. The summed E-state index contributed by atoms with van der Waals surface area (Å²) >= 11 is 0. The van der Waals surface area contributed by atoms with Crippen molar-refractivity contribution in [1.29, 1.82) is 0 Å². The molecule has 0 N–H and O–H groups in total. The van der Waals surface area contributed by atoms with Crippen LogP contribution in [-0.2, 0) is 27.1 Å². The highest BCUT2D eigenvalue weighted by Crippen LogP contribution is 2.48. The van der Waals surface area contributed by atoms with Gasteiger partial charge in [0.1, 0.15) is 0 Å². The third kappa shape index (κ3) is 6.79. The molecule has 58 heavy (non-hydrogen) atoms. The van der Waals surface area contributed by atoms with Crippen LogP contribution in [0, 0.1) is 0 Å². The molecule has 0 saturated heterocycles. The molecule has 0 unspecified atom stereocenters. The molecule has 6 aromatic rings. The summed E-state index contributed by atoms with van der Waals surface area (Å²) in [5.74, 6) is 0. The molecule has 2 heterocycles. The summed E-state index contributed by atoms with van der Waals surface area (Å²) in [7, 11) is 0. The van der Waals surface area contributed by atoms with Gasteiger partial charge in [-0.3, -0.25) is 0 Å². The molecule has 0 radical (unpaired) electrons. The van der Waals surface area contributed by atoms with Crippen LogP contribution in [0.1, 0.15) is 130 Å². The van der Waals surface area contributed by atoms with E-state index in [1.54, 1.807) is 0 Å². The predicted molar refractivity (Wildman–Crippen MR) is 254 cm³/mol. The van der Waals surface area contributed by atoms with Crippen LogP contribution in [0.2, 0.25) is 0 Å². The van der Waals surface area contributed by atoms with Gasteiger partial charge in [-0.05, 0) is 120 Å². The molecule has 0 fully saturated rings. The molecule has 0 atom stereocenters. The number of nitrogens with zero attached hydrogens (tertiary/aromatic N) is 2. The second-order valence-electron chi connectivity index (χ2n) is 21.7. The number of fused-ring (bicyclic) bond motifs is 4. The van der Waals surface area contributed by atoms with Crippen molar-refractivity contribution in [3.63, 3.8) is 0 Å². The second-order valence-corrected chi connectivity index (χ2v) is 21.7. The molecule has 0 spiro atoms. The highest BCUT2D eigenvalue weighted by Gasteiger charge is 2.45. The van der Waals surface area contributed by atoms with E-state index in [9.17, 15) is 0 Å². The average molecular weight is 763 g/mol. The van der Waals surface area contributed by atoms with Crippen LogP contribution in [0.3, 0.4) is 0 Å². The van der Waals surface area contributed by atoms with Crippen molar-refractivity contribution in [2.24, 2.45) is 0 Å². The molecule has 2 aliphatic heterocycles. The van der Waals surface area contributed by atoms with E-state index in [0.717, 1.165) is 0 Å². The Labute approximate surface area is 350 Å². The van der Waals surface area contributed by atoms with Crippen LogP contribution in [0.25, 0.3) is 0 Å². The van der Waals surface area contributed by atoms with E-state index in [4.69, 9.17) is 0 Å². The minimum Gasteiger partial charge on any atom is -0.311 e. The highest BCUT2D eigenvalue weighted by atomic mass is 15.2. The number of anilines is 6. The van der Waals surface area contributed by atoms with Crippen molar-refractivity contribution in [3.05, 3.63) is 161 Å². The smallest absolute Gasteiger partial charge is 0.252 e. The van der Waals surface area contributed by atoms with Gasteiger partial charge in [-0.25, -0.2) is 0 Å². The number of hydrogen-bond donors (Lipinski definition) is 0. The van der Waals surface area contributed by atoms with Crippen molar-refractivity contribution in [1.82, 2.24) is 0 Å². The molecule has 6 aromatic carbocycles. The Hall–Kier alpha value is -5.02. The fraction of sp³-hybridized carbons (Fsp3) is 0.345. The van der Waals surface area contributed by atoms with E-state index in [2.05, 4.69) is 234 Å². The zero-order valence-corrected chi connectivity index (χ0v) is 37.6. The maximum Gasteiger partial charge on any atom is 0.252 e. The zero-order chi connectivity index (χ0) is 41.7. The van der Waals surface area contributed by atoms with Gasteiger partial charge in [-0.1, -0.05) is 176 Å². The predicted octanol–water partition coefficient (Wildman–Crippen LogP) is 13.3. The lowest BCUT2D eigenvalue weighted by molar-refractivity contribution is 0.590.